The van der Waals surface area contributed by atoms with Crippen molar-refractivity contribution in [2.45, 2.75) is 91.5 Å². The molecule has 2 aromatic rings. The van der Waals surface area contributed by atoms with Gasteiger partial charge in [0.15, 0.2) is 12.8 Å². The number of carbonyl (C=O) groups excluding carboxylic acids is 2. The smallest absolute Gasteiger partial charge is 0.267 e. The zero-order chi connectivity index (χ0) is 26.2. The van der Waals surface area contributed by atoms with Crippen molar-refractivity contribution in [3.63, 3.8) is 0 Å². The minimum absolute atomic E-state index is 0.199. The van der Waals surface area contributed by atoms with Crippen LogP contribution >= 0.6 is 0 Å². The lowest BCUT2D eigenvalue weighted by Gasteiger charge is -2.18. The predicted molar refractivity (Wildman–Crippen MR) is 143 cm³/mol. The second-order valence-electron chi connectivity index (χ2n) is 9.55. The van der Waals surface area contributed by atoms with Crippen LogP contribution in [0.15, 0.2) is 42.6 Å². The van der Waals surface area contributed by atoms with E-state index in [9.17, 15) is 9.59 Å². The van der Waals surface area contributed by atoms with E-state index in [2.05, 4.69) is 6.92 Å². The summed E-state index contributed by atoms with van der Waals surface area (Å²) in [7, 11) is 1.89. The highest BCUT2D eigenvalue weighted by Crippen LogP contribution is 2.24. The Kier molecular flexibility index (Phi) is 13.6. The van der Waals surface area contributed by atoms with Crippen LogP contribution < -0.4 is 14.0 Å². The van der Waals surface area contributed by atoms with Crippen molar-refractivity contribution in [1.82, 2.24) is 4.90 Å². The summed E-state index contributed by atoms with van der Waals surface area (Å²) in [4.78, 5) is 26.0. The first-order chi connectivity index (χ1) is 17.4. The molecule has 6 heteroatoms. The maximum atomic E-state index is 12.7. The highest BCUT2D eigenvalue weighted by atomic mass is 16.5. The van der Waals surface area contributed by atoms with E-state index in [0.717, 1.165) is 23.4 Å². The van der Waals surface area contributed by atoms with Crippen LogP contribution in [0.25, 0.3) is 0 Å². The zero-order valence-corrected chi connectivity index (χ0v) is 22.8. The summed E-state index contributed by atoms with van der Waals surface area (Å²) in [5, 5.41) is 0. The first-order valence-electron chi connectivity index (χ1n) is 13.5. The molecule has 198 valence electrons. The number of amides is 2. The Labute approximate surface area is 217 Å². The largest absolute Gasteiger partial charge is 0.494 e. The molecule has 1 heterocycles. The first kappa shape index (κ1) is 29.3. The van der Waals surface area contributed by atoms with Gasteiger partial charge in [-0.2, -0.15) is 0 Å². The lowest BCUT2D eigenvalue weighted by Crippen LogP contribution is -2.43. The lowest BCUT2D eigenvalue weighted by molar-refractivity contribution is -0.679. The van der Waals surface area contributed by atoms with E-state index in [4.69, 9.17) is 9.47 Å². The molecular weight excluding hydrogens is 452 g/mol. The molecule has 1 aromatic heterocycles. The maximum Gasteiger partial charge on any atom is 0.267 e. The van der Waals surface area contributed by atoms with Crippen LogP contribution in [0.4, 0.5) is 0 Å². The Balaban J connectivity index is 1.70. The molecule has 0 aliphatic carbocycles. The number of hydrogen-bond acceptors (Lipinski definition) is 4. The fraction of sp³-hybridized carbons (Fsp3) is 0.567. The molecule has 0 spiro atoms. The quantitative estimate of drug-likeness (QED) is 0.196. The van der Waals surface area contributed by atoms with E-state index in [1.807, 2.05) is 61.1 Å². The van der Waals surface area contributed by atoms with E-state index in [1.165, 1.54) is 69.6 Å². The third kappa shape index (κ3) is 10.8. The number of pyridine rings is 1. The number of aryl methyl sites for hydroxylation is 2. The number of ether oxygens (including phenoxy) is 2. The van der Waals surface area contributed by atoms with E-state index in [0.29, 0.717) is 12.4 Å². The molecule has 2 amide bonds. The third-order valence-corrected chi connectivity index (χ3v) is 6.43. The van der Waals surface area contributed by atoms with Crippen molar-refractivity contribution in [3.8, 4) is 11.5 Å². The van der Waals surface area contributed by atoms with Crippen LogP contribution in [0.5, 0.6) is 11.5 Å². The van der Waals surface area contributed by atoms with Gasteiger partial charge in [-0.25, -0.2) is 4.57 Å². The summed E-state index contributed by atoms with van der Waals surface area (Å²) in [6, 6.07) is 11.3. The van der Waals surface area contributed by atoms with E-state index in [1.54, 1.807) is 0 Å². The fourth-order valence-electron chi connectivity index (χ4n) is 4.13. The van der Waals surface area contributed by atoms with Gasteiger partial charge in [-0.1, -0.05) is 70.8 Å². The second-order valence-corrected chi connectivity index (χ2v) is 9.55. The SMILES string of the molecule is CCCCCCCCCCCCOc1ccc(OCC(=O)N(Cc2cccc[n+]2C)C(C)=O)c(C)c1. The van der Waals surface area contributed by atoms with Crippen molar-refractivity contribution < 1.29 is 23.6 Å². The van der Waals surface area contributed by atoms with Gasteiger partial charge in [-0.15, -0.1) is 0 Å². The minimum Gasteiger partial charge on any atom is -0.494 e. The molecule has 0 saturated heterocycles. The van der Waals surface area contributed by atoms with Gasteiger partial charge in [0.05, 0.1) is 6.61 Å². The minimum atomic E-state index is -0.368. The van der Waals surface area contributed by atoms with Crippen molar-refractivity contribution in [3.05, 3.63) is 53.9 Å². The number of nitrogens with zero attached hydrogens (tertiary/aromatic N) is 2. The monoisotopic (exact) mass is 497 g/mol. The molecule has 0 atom stereocenters. The standard InChI is InChI=1S/C30H45N2O4/c1-5-6-7-8-9-10-11-12-13-16-21-35-28-18-19-29(25(2)22-28)36-24-30(34)32(26(3)33)23-27-17-14-15-20-31(27)4/h14-15,17-20,22H,5-13,16,21,23-24H2,1-4H3/q+1. The Bertz CT molecular complexity index is 944. The van der Waals surface area contributed by atoms with Crippen molar-refractivity contribution in [2.75, 3.05) is 13.2 Å². The summed E-state index contributed by atoms with van der Waals surface area (Å²) in [6.07, 6.45) is 14.9. The molecule has 1 aromatic carbocycles. The molecule has 0 aliphatic heterocycles. The van der Waals surface area contributed by atoms with Gasteiger partial charge in [-0.3, -0.25) is 14.5 Å². The topological polar surface area (TPSA) is 59.7 Å². The first-order valence-corrected chi connectivity index (χ1v) is 13.5. The molecule has 0 bridgehead atoms. The van der Waals surface area contributed by atoms with Gasteiger partial charge in [0.25, 0.3) is 5.91 Å². The average Bonchev–Trinajstić information content (AvgIpc) is 2.86. The normalized spacial score (nSPS) is 10.8. The zero-order valence-electron chi connectivity index (χ0n) is 22.8. The van der Waals surface area contributed by atoms with Crippen molar-refractivity contribution in [1.29, 1.82) is 0 Å². The molecule has 6 nitrogen and oxygen atoms in total. The molecule has 0 saturated carbocycles. The van der Waals surface area contributed by atoms with Crippen LogP contribution in [0.3, 0.4) is 0 Å². The Morgan fingerprint density at radius 2 is 1.56 bits per heavy atom. The summed E-state index contributed by atoms with van der Waals surface area (Å²) in [5.41, 5.74) is 1.76. The molecule has 0 fully saturated rings. The molecule has 36 heavy (non-hydrogen) atoms. The van der Waals surface area contributed by atoms with Gasteiger partial charge in [0.2, 0.25) is 11.6 Å². The van der Waals surface area contributed by atoms with Crippen molar-refractivity contribution >= 4 is 11.8 Å². The van der Waals surface area contributed by atoms with Crippen LogP contribution in [-0.4, -0.2) is 29.9 Å². The third-order valence-electron chi connectivity index (χ3n) is 6.43. The summed E-state index contributed by atoms with van der Waals surface area (Å²) in [6.45, 7) is 6.30. The van der Waals surface area contributed by atoms with Gasteiger partial charge in [0.1, 0.15) is 25.1 Å². The maximum absolute atomic E-state index is 12.7. The van der Waals surface area contributed by atoms with Crippen LogP contribution in [0.2, 0.25) is 0 Å². The number of rotatable bonds is 17. The number of imide groups is 1. The van der Waals surface area contributed by atoms with Crippen LogP contribution in [-0.2, 0) is 23.2 Å². The van der Waals surface area contributed by atoms with Gasteiger partial charge < -0.3 is 9.47 Å². The summed E-state index contributed by atoms with van der Waals surface area (Å²) in [5.74, 6) is 0.749. The fourth-order valence-corrected chi connectivity index (χ4v) is 4.13. The van der Waals surface area contributed by atoms with E-state index < -0.39 is 0 Å². The highest BCUT2D eigenvalue weighted by molar-refractivity contribution is 5.94. The number of carbonyl (C=O) groups is 2. The van der Waals surface area contributed by atoms with Gasteiger partial charge in [0, 0.05) is 19.1 Å². The number of benzene rings is 1. The van der Waals surface area contributed by atoms with Crippen LogP contribution in [0, 0.1) is 6.92 Å². The van der Waals surface area contributed by atoms with Gasteiger partial charge in [-0.05, 0) is 37.1 Å². The van der Waals surface area contributed by atoms with Gasteiger partial charge >= 0.3 is 0 Å². The predicted octanol–water partition coefficient (Wildman–Crippen LogP) is 6.07. The Morgan fingerprint density at radius 3 is 2.17 bits per heavy atom. The number of hydrogen-bond donors (Lipinski definition) is 0. The molecule has 2 rings (SSSR count). The molecule has 0 aliphatic rings. The summed E-state index contributed by atoms with van der Waals surface area (Å²) >= 11 is 0. The lowest BCUT2D eigenvalue weighted by atomic mass is 10.1. The Hall–Kier alpha value is -2.89. The average molecular weight is 498 g/mol. The van der Waals surface area contributed by atoms with E-state index in [-0.39, 0.29) is 25.0 Å². The second kappa shape index (κ2) is 16.7. The number of unbranched alkanes of at least 4 members (excludes halogenated alkanes) is 9. The molecule has 0 radical (unpaired) electrons. The summed E-state index contributed by atoms with van der Waals surface area (Å²) < 4.78 is 13.6. The van der Waals surface area contributed by atoms with Crippen molar-refractivity contribution in [2.24, 2.45) is 7.05 Å². The Morgan fingerprint density at radius 1 is 0.889 bits per heavy atom. The molecule has 0 unspecified atom stereocenters. The molecular formula is C30H45N2O4+. The number of aromatic nitrogens is 1. The van der Waals surface area contributed by atoms with Crippen LogP contribution in [0.1, 0.15) is 89.3 Å². The van der Waals surface area contributed by atoms with E-state index >= 15 is 0 Å². The molecule has 0 N–H and O–H groups in total. The highest BCUT2D eigenvalue weighted by Gasteiger charge is 2.22.